The second kappa shape index (κ2) is 7.01. The highest BCUT2D eigenvalue weighted by Gasteiger charge is 2.16. The number of anilines is 2. The Bertz CT molecular complexity index is 875. The third-order valence-electron chi connectivity index (χ3n) is 3.00. The number of aromatic carboxylic acids is 1. The van der Waals surface area contributed by atoms with E-state index in [0.717, 1.165) is 5.56 Å². The van der Waals surface area contributed by atoms with Crippen molar-refractivity contribution in [2.24, 2.45) is 0 Å². The highest BCUT2D eigenvalue weighted by atomic mass is 32.2. The number of hydrogen-bond donors (Lipinski definition) is 2. The van der Waals surface area contributed by atoms with Gasteiger partial charge in [0, 0.05) is 23.6 Å². The summed E-state index contributed by atoms with van der Waals surface area (Å²) in [5.41, 5.74) is 1.20. The summed E-state index contributed by atoms with van der Waals surface area (Å²) in [5, 5.41) is 20.0. The lowest BCUT2D eigenvalue weighted by Gasteiger charge is -2.09. The number of carboxylic acid groups (broad SMARTS) is 1. The smallest absolute Gasteiger partial charge is 0.360 e. The highest BCUT2D eigenvalue weighted by molar-refractivity contribution is 7.98. The second-order valence-electron chi connectivity index (χ2n) is 4.58. The molecule has 0 saturated heterocycles. The fraction of sp³-hybridized carbons (Fsp3) is 0.0667. The summed E-state index contributed by atoms with van der Waals surface area (Å²) < 4.78 is 0. The number of carbonyl (C=O) groups is 1. The molecule has 3 rings (SSSR count). The van der Waals surface area contributed by atoms with Crippen LogP contribution in [0, 0.1) is 0 Å². The number of rotatable bonds is 5. The summed E-state index contributed by atoms with van der Waals surface area (Å²) in [7, 11) is 0. The SMILES string of the molecule is CSc1nnc(C(=O)O)c(Nc2cccc(-c3ncccn3)c2)n1. The summed E-state index contributed by atoms with van der Waals surface area (Å²) in [6, 6.07) is 9.02. The quantitative estimate of drug-likeness (QED) is 0.676. The van der Waals surface area contributed by atoms with Crippen molar-refractivity contribution in [3.05, 3.63) is 48.4 Å². The predicted octanol–water partition coefficient (Wildman–Crippen LogP) is 2.49. The summed E-state index contributed by atoms with van der Waals surface area (Å²) >= 11 is 1.28. The van der Waals surface area contributed by atoms with Gasteiger partial charge in [-0.25, -0.2) is 19.7 Å². The Morgan fingerprint density at radius 2 is 1.96 bits per heavy atom. The van der Waals surface area contributed by atoms with Crippen LogP contribution in [0.5, 0.6) is 0 Å². The van der Waals surface area contributed by atoms with Crippen LogP contribution in [0.4, 0.5) is 11.5 Å². The lowest BCUT2D eigenvalue weighted by atomic mass is 10.2. The average Bonchev–Trinajstić information content (AvgIpc) is 2.62. The first-order valence-corrected chi connectivity index (χ1v) is 8.06. The molecule has 120 valence electrons. The molecule has 0 saturated carbocycles. The fourth-order valence-corrected chi connectivity index (χ4v) is 2.25. The topological polar surface area (TPSA) is 114 Å². The van der Waals surface area contributed by atoms with E-state index >= 15 is 0 Å². The van der Waals surface area contributed by atoms with Crippen LogP contribution in [0.15, 0.2) is 47.9 Å². The molecule has 0 spiro atoms. The molecule has 0 amide bonds. The van der Waals surface area contributed by atoms with Crippen LogP contribution in [0.25, 0.3) is 11.4 Å². The van der Waals surface area contributed by atoms with Crippen molar-refractivity contribution in [1.29, 1.82) is 0 Å². The minimum atomic E-state index is -1.20. The zero-order chi connectivity index (χ0) is 16.9. The molecule has 24 heavy (non-hydrogen) atoms. The van der Waals surface area contributed by atoms with Gasteiger partial charge in [-0.15, -0.1) is 10.2 Å². The molecule has 0 aliphatic carbocycles. The summed E-state index contributed by atoms with van der Waals surface area (Å²) in [5.74, 6) is -0.495. The van der Waals surface area contributed by atoms with Gasteiger partial charge in [-0.05, 0) is 24.5 Å². The third kappa shape index (κ3) is 3.46. The molecule has 2 aromatic heterocycles. The van der Waals surface area contributed by atoms with E-state index in [2.05, 4.69) is 30.5 Å². The van der Waals surface area contributed by atoms with Crippen LogP contribution in [0.2, 0.25) is 0 Å². The molecule has 0 fully saturated rings. The maximum Gasteiger partial charge on any atom is 0.360 e. The van der Waals surface area contributed by atoms with E-state index in [9.17, 15) is 9.90 Å². The lowest BCUT2D eigenvalue weighted by molar-refractivity contribution is 0.0689. The van der Waals surface area contributed by atoms with Gasteiger partial charge in [0.15, 0.2) is 11.6 Å². The molecular weight excluding hydrogens is 328 g/mol. The van der Waals surface area contributed by atoms with Crippen molar-refractivity contribution >= 4 is 29.2 Å². The molecule has 8 nitrogen and oxygen atoms in total. The van der Waals surface area contributed by atoms with Gasteiger partial charge in [0.25, 0.3) is 0 Å². The van der Waals surface area contributed by atoms with E-state index in [0.29, 0.717) is 16.7 Å². The zero-order valence-corrected chi connectivity index (χ0v) is 13.4. The molecule has 0 atom stereocenters. The van der Waals surface area contributed by atoms with E-state index < -0.39 is 5.97 Å². The predicted molar refractivity (Wildman–Crippen MR) is 89.3 cm³/mol. The largest absolute Gasteiger partial charge is 0.476 e. The first-order valence-electron chi connectivity index (χ1n) is 6.84. The number of carboxylic acids is 1. The van der Waals surface area contributed by atoms with Crippen molar-refractivity contribution in [2.75, 3.05) is 11.6 Å². The average molecular weight is 340 g/mol. The van der Waals surface area contributed by atoms with Crippen molar-refractivity contribution in [3.8, 4) is 11.4 Å². The minimum absolute atomic E-state index is 0.132. The molecule has 3 aromatic rings. The van der Waals surface area contributed by atoms with Gasteiger partial charge in [-0.3, -0.25) is 0 Å². The van der Waals surface area contributed by atoms with Crippen LogP contribution < -0.4 is 5.32 Å². The van der Waals surface area contributed by atoms with Crippen molar-refractivity contribution in [2.45, 2.75) is 5.16 Å². The Morgan fingerprint density at radius 1 is 1.17 bits per heavy atom. The first kappa shape index (κ1) is 15.8. The zero-order valence-electron chi connectivity index (χ0n) is 12.5. The van der Waals surface area contributed by atoms with Crippen molar-refractivity contribution in [3.63, 3.8) is 0 Å². The second-order valence-corrected chi connectivity index (χ2v) is 5.35. The maximum absolute atomic E-state index is 11.3. The molecule has 9 heteroatoms. The van der Waals surface area contributed by atoms with Gasteiger partial charge in [0.2, 0.25) is 10.9 Å². The molecule has 2 heterocycles. The maximum atomic E-state index is 11.3. The van der Waals surface area contributed by atoms with E-state index in [1.54, 1.807) is 30.8 Å². The summed E-state index contributed by atoms with van der Waals surface area (Å²) in [6.07, 6.45) is 5.10. The monoisotopic (exact) mass is 340 g/mol. The van der Waals surface area contributed by atoms with Crippen LogP contribution in [0.3, 0.4) is 0 Å². The van der Waals surface area contributed by atoms with Crippen LogP contribution >= 0.6 is 11.8 Å². The normalized spacial score (nSPS) is 10.4. The van der Waals surface area contributed by atoms with E-state index in [-0.39, 0.29) is 11.5 Å². The van der Waals surface area contributed by atoms with Gasteiger partial charge >= 0.3 is 5.97 Å². The Morgan fingerprint density at radius 3 is 2.67 bits per heavy atom. The Hall–Kier alpha value is -3.07. The summed E-state index contributed by atoms with van der Waals surface area (Å²) in [4.78, 5) is 23.9. The van der Waals surface area contributed by atoms with Gasteiger partial charge in [-0.2, -0.15) is 0 Å². The molecular formula is C15H12N6O2S. The Balaban J connectivity index is 1.96. The number of thioether (sulfide) groups is 1. The number of hydrogen-bond acceptors (Lipinski definition) is 8. The van der Waals surface area contributed by atoms with Crippen LogP contribution in [-0.4, -0.2) is 42.5 Å². The molecule has 0 unspecified atom stereocenters. The van der Waals surface area contributed by atoms with E-state index in [1.807, 2.05) is 18.2 Å². The van der Waals surface area contributed by atoms with Crippen molar-refractivity contribution < 1.29 is 9.90 Å². The molecule has 0 radical (unpaired) electrons. The number of aromatic nitrogens is 5. The minimum Gasteiger partial charge on any atom is -0.476 e. The van der Waals surface area contributed by atoms with Gasteiger partial charge < -0.3 is 10.4 Å². The third-order valence-corrected chi connectivity index (χ3v) is 3.54. The standard InChI is InChI=1S/C15H12N6O2S/c1-24-15-19-13(11(14(22)23)20-21-15)18-10-5-2-4-9(8-10)12-16-6-3-7-17-12/h2-8H,1H3,(H,22,23)(H,18,19,21). The molecule has 0 aliphatic rings. The lowest BCUT2D eigenvalue weighted by Crippen LogP contribution is -2.10. The molecule has 0 aliphatic heterocycles. The van der Waals surface area contributed by atoms with E-state index in [1.165, 1.54) is 11.8 Å². The first-order chi connectivity index (χ1) is 11.7. The van der Waals surface area contributed by atoms with Gasteiger partial charge in [0.1, 0.15) is 0 Å². The molecule has 1 aromatic carbocycles. The van der Waals surface area contributed by atoms with Gasteiger partial charge in [0.05, 0.1) is 0 Å². The number of benzene rings is 1. The van der Waals surface area contributed by atoms with Crippen LogP contribution in [0.1, 0.15) is 10.5 Å². The number of nitrogens with one attached hydrogen (secondary N) is 1. The molecule has 0 bridgehead atoms. The summed E-state index contributed by atoms with van der Waals surface area (Å²) in [6.45, 7) is 0. The highest BCUT2D eigenvalue weighted by Crippen LogP contribution is 2.23. The Labute approximate surface area is 141 Å². The fourth-order valence-electron chi connectivity index (χ4n) is 1.95. The molecule has 2 N–H and O–H groups in total. The van der Waals surface area contributed by atoms with E-state index in [4.69, 9.17) is 0 Å². The number of nitrogens with zero attached hydrogens (tertiary/aromatic N) is 5. The van der Waals surface area contributed by atoms with Crippen molar-refractivity contribution in [1.82, 2.24) is 25.1 Å². The van der Waals surface area contributed by atoms with Crippen LogP contribution in [-0.2, 0) is 0 Å². The van der Waals surface area contributed by atoms with Gasteiger partial charge in [-0.1, -0.05) is 23.9 Å². The Kier molecular flexibility index (Phi) is 4.62.